The third kappa shape index (κ3) is 4.87. The molecule has 0 saturated carbocycles. The lowest BCUT2D eigenvalue weighted by Crippen LogP contribution is -2.35. The van der Waals surface area contributed by atoms with Crippen molar-refractivity contribution in [3.8, 4) is 5.75 Å². The van der Waals surface area contributed by atoms with Gasteiger partial charge in [0.05, 0.1) is 13.2 Å². The molecule has 5 nitrogen and oxygen atoms in total. The quantitative estimate of drug-likeness (QED) is 0.854. The smallest absolute Gasteiger partial charge is 0.262 e. The van der Waals surface area contributed by atoms with E-state index in [0.29, 0.717) is 0 Å². The van der Waals surface area contributed by atoms with Crippen LogP contribution in [0.15, 0.2) is 42.5 Å². The molecule has 2 aliphatic rings. The molecule has 0 unspecified atom stereocenters. The van der Waals surface area contributed by atoms with E-state index in [1.54, 1.807) is 0 Å². The van der Waals surface area contributed by atoms with Gasteiger partial charge in [0.1, 0.15) is 5.75 Å². The van der Waals surface area contributed by atoms with E-state index < -0.39 is 0 Å². The van der Waals surface area contributed by atoms with Crippen LogP contribution in [0.2, 0.25) is 0 Å². The van der Waals surface area contributed by atoms with Crippen LogP contribution in [0.25, 0.3) is 0 Å². The van der Waals surface area contributed by atoms with E-state index in [4.69, 9.17) is 9.47 Å². The van der Waals surface area contributed by atoms with Crippen LogP contribution < -0.4 is 10.1 Å². The summed E-state index contributed by atoms with van der Waals surface area (Å²) in [6.07, 6.45) is 3.47. The molecule has 0 bridgehead atoms. The van der Waals surface area contributed by atoms with Gasteiger partial charge in [-0.15, -0.1) is 0 Å². The molecule has 5 heteroatoms. The fourth-order valence-electron chi connectivity index (χ4n) is 3.69. The molecule has 0 aromatic heterocycles. The molecule has 4 rings (SSSR count). The average molecular weight is 366 g/mol. The first-order chi connectivity index (χ1) is 13.3. The maximum absolute atomic E-state index is 12.2. The highest BCUT2D eigenvalue weighted by molar-refractivity contribution is 5.91. The SMILES string of the molecule is O=C(COc1ccc2c(c1)CCC2)Nc1ccc(CN2CCOCC2)cc1. The Hall–Kier alpha value is -2.37. The molecule has 2 aromatic carbocycles. The largest absolute Gasteiger partial charge is 0.484 e. The maximum Gasteiger partial charge on any atom is 0.262 e. The lowest BCUT2D eigenvalue weighted by atomic mass is 10.1. The maximum atomic E-state index is 12.2. The molecule has 0 radical (unpaired) electrons. The second-order valence-corrected chi connectivity index (χ2v) is 7.21. The Balaban J connectivity index is 1.25. The number of hydrogen-bond donors (Lipinski definition) is 1. The second-order valence-electron chi connectivity index (χ2n) is 7.21. The number of hydrogen-bond acceptors (Lipinski definition) is 4. The summed E-state index contributed by atoms with van der Waals surface area (Å²) in [4.78, 5) is 14.5. The number of rotatable bonds is 6. The predicted molar refractivity (Wildman–Crippen MR) is 105 cm³/mol. The van der Waals surface area contributed by atoms with Gasteiger partial charge < -0.3 is 14.8 Å². The monoisotopic (exact) mass is 366 g/mol. The van der Waals surface area contributed by atoms with Gasteiger partial charge in [0.25, 0.3) is 5.91 Å². The highest BCUT2D eigenvalue weighted by atomic mass is 16.5. The van der Waals surface area contributed by atoms with E-state index in [2.05, 4.69) is 34.5 Å². The van der Waals surface area contributed by atoms with Gasteiger partial charge in [-0.05, 0) is 60.2 Å². The molecule has 1 aliphatic heterocycles. The van der Waals surface area contributed by atoms with Crippen LogP contribution >= 0.6 is 0 Å². The lowest BCUT2D eigenvalue weighted by Gasteiger charge is -2.26. The van der Waals surface area contributed by atoms with Crippen LogP contribution in [0.4, 0.5) is 5.69 Å². The Labute approximate surface area is 160 Å². The molecule has 2 aromatic rings. The number of anilines is 1. The number of fused-ring (bicyclic) bond motifs is 1. The molecule has 27 heavy (non-hydrogen) atoms. The third-order valence-electron chi connectivity index (χ3n) is 5.19. The van der Waals surface area contributed by atoms with Crippen molar-refractivity contribution in [2.24, 2.45) is 0 Å². The van der Waals surface area contributed by atoms with Crippen LogP contribution in [0.1, 0.15) is 23.1 Å². The average Bonchev–Trinajstić information content (AvgIpc) is 3.17. The van der Waals surface area contributed by atoms with E-state index in [0.717, 1.165) is 57.1 Å². The molecule has 1 aliphatic carbocycles. The summed E-state index contributed by atoms with van der Waals surface area (Å²) < 4.78 is 11.0. The first-order valence-corrected chi connectivity index (χ1v) is 9.70. The van der Waals surface area contributed by atoms with Crippen molar-refractivity contribution in [2.75, 3.05) is 38.2 Å². The highest BCUT2D eigenvalue weighted by Crippen LogP contribution is 2.26. The van der Waals surface area contributed by atoms with Crippen molar-refractivity contribution >= 4 is 11.6 Å². The minimum absolute atomic E-state index is 0.0221. The predicted octanol–water partition coefficient (Wildman–Crippen LogP) is 3.03. The molecule has 1 heterocycles. The molecule has 1 N–H and O–H groups in total. The molecule has 1 fully saturated rings. The fraction of sp³-hybridized carbons (Fsp3) is 0.409. The zero-order valence-electron chi connectivity index (χ0n) is 15.6. The number of ether oxygens (including phenoxy) is 2. The Morgan fingerprint density at radius 2 is 1.81 bits per heavy atom. The van der Waals surface area contributed by atoms with Crippen LogP contribution in [0.3, 0.4) is 0 Å². The van der Waals surface area contributed by atoms with Crippen molar-refractivity contribution in [3.63, 3.8) is 0 Å². The van der Waals surface area contributed by atoms with Crippen LogP contribution in [-0.2, 0) is 28.9 Å². The van der Waals surface area contributed by atoms with Gasteiger partial charge in [0, 0.05) is 25.3 Å². The topological polar surface area (TPSA) is 50.8 Å². The second kappa shape index (κ2) is 8.55. The minimum atomic E-state index is -0.142. The van der Waals surface area contributed by atoms with Gasteiger partial charge in [0.2, 0.25) is 0 Å². The summed E-state index contributed by atoms with van der Waals surface area (Å²) in [7, 11) is 0. The third-order valence-corrected chi connectivity index (χ3v) is 5.19. The number of carbonyl (C=O) groups is 1. The number of amides is 1. The van der Waals surface area contributed by atoms with Crippen LogP contribution in [0, 0.1) is 0 Å². The van der Waals surface area contributed by atoms with Crippen molar-refractivity contribution in [1.82, 2.24) is 4.90 Å². The summed E-state index contributed by atoms with van der Waals surface area (Å²) in [5.41, 5.74) is 4.79. The van der Waals surface area contributed by atoms with E-state index in [1.165, 1.54) is 23.1 Å². The number of carbonyl (C=O) groups excluding carboxylic acids is 1. The van der Waals surface area contributed by atoms with E-state index in [-0.39, 0.29) is 12.5 Å². The van der Waals surface area contributed by atoms with Gasteiger partial charge >= 0.3 is 0 Å². The summed E-state index contributed by atoms with van der Waals surface area (Å²) in [5.74, 6) is 0.628. The van der Waals surface area contributed by atoms with E-state index >= 15 is 0 Å². The number of aryl methyl sites for hydroxylation is 2. The number of nitrogens with one attached hydrogen (secondary N) is 1. The number of benzene rings is 2. The first-order valence-electron chi connectivity index (χ1n) is 9.70. The summed E-state index contributed by atoms with van der Waals surface area (Å²) in [6, 6.07) is 14.2. The zero-order valence-corrected chi connectivity index (χ0v) is 15.6. The van der Waals surface area contributed by atoms with E-state index in [9.17, 15) is 4.79 Å². The normalized spacial score (nSPS) is 16.7. The standard InChI is InChI=1S/C22H26N2O3/c25-22(16-27-21-9-6-18-2-1-3-19(18)14-21)23-20-7-4-17(5-8-20)15-24-10-12-26-13-11-24/h4-9,14H,1-3,10-13,15-16H2,(H,23,25). The van der Waals surface area contributed by atoms with Gasteiger partial charge in [-0.25, -0.2) is 0 Å². The van der Waals surface area contributed by atoms with Gasteiger partial charge in [-0.3, -0.25) is 9.69 Å². The van der Waals surface area contributed by atoms with Crippen LogP contribution in [0.5, 0.6) is 5.75 Å². The summed E-state index contributed by atoms with van der Waals surface area (Å²) in [5, 5.41) is 2.90. The molecule has 1 amide bonds. The Morgan fingerprint density at radius 3 is 2.63 bits per heavy atom. The van der Waals surface area contributed by atoms with E-state index in [1.807, 2.05) is 18.2 Å². The molecule has 1 saturated heterocycles. The Kier molecular flexibility index (Phi) is 5.70. The van der Waals surface area contributed by atoms with Gasteiger partial charge in [0.15, 0.2) is 6.61 Å². The molecule has 0 atom stereocenters. The number of nitrogens with zero attached hydrogens (tertiary/aromatic N) is 1. The zero-order chi connectivity index (χ0) is 18.5. The van der Waals surface area contributed by atoms with Gasteiger partial charge in [-0.2, -0.15) is 0 Å². The Bertz CT molecular complexity index is 783. The summed E-state index contributed by atoms with van der Waals surface area (Å²) >= 11 is 0. The molecule has 142 valence electrons. The van der Waals surface area contributed by atoms with Gasteiger partial charge in [-0.1, -0.05) is 18.2 Å². The highest BCUT2D eigenvalue weighted by Gasteiger charge is 2.13. The van der Waals surface area contributed by atoms with Crippen molar-refractivity contribution < 1.29 is 14.3 Å². The Morgan fingerprint density at radius 1 is 1.04 bits per heavy atom. The molecular weight excluding hydrogens is 340 g/mol. The fourth-order valence-corrected chi connectivity index (χ4v) is 3.69. The first kappa shape index (κ1) is 18.0. The summed E-state index contributed by atoms with van der Waals surface area (Å²) in [6.45, 7) is 4.49. The molecular formula is C22H26N2O3. The lowest BCUT2D eigenvalue weighted by molar-refractivity contribution is -0.118. The number of morpholine rings is 1. The minimum Gasteiger partial charge on any atom is -0.484 e. The molecule has 0 spiro atoms. The van der Waals surface area contributed by atoms with Crippen molar-refractivity contribution in [2.45, 2.75) is 25.8 Å². The van der Waals surface area contributed by atoms with Crippen LogP contribution in [-0.4, -0.2) is 43.7 Å². The van der Waals surface area contributed by atoms with Crippen molar-refractivity contribution in [3.05, 3.63) is 59.2 Å². The van der Waals surface area contributed by atoms with Crippen molar-refractivity contribution in [1.29, 1.82) is 0 Å².